The Hall–Kier alpha value is -1.11. The highest BCUT2D eigenvalue weighted by atomic mass is 16.5. The van der Waals surface area contributed by atoms with Crippen LogP contribution in [-0.2, 0) is 23.7 Å². The highest BCUT2D eigenvalue weighted by Gasteiger charge is 2.60. The van der Waals surface area contributed by atoms with Gasteiger partial charge in [0.15, 0.2) is 0 Å². The predicted molar refractivity (Wildman–Crippen MR) is 165 cm³/mol. The maximum absolute atomic E-state index is 12.3. The molecule has 2 saturated heterocycles. The molecule has 4 bridgehead atoms. The molecule has 2 unspecified atom stereocenters. The summed E-state index contributed by atoms with van der Waals surface area (Å²) >= 11 is 0. The summed E-state index contributed by atoms with van der Waals surface area (Å²) in [6.07, 6.45) is 21.2. The molecule has 0 amide bonds. The summed E-state index contributed by atoms with van der Waals surface area (Å²) in [5.41, 5.74) is 1.07. The van der Waals surface area contributed by atoms with Crippen molar-refractivity contribution < 1.29 is 28.8 Å². The van der Waals surface area contributed by atoms with Crippen molar-refractivity contribution in [2.75, 3.05) is 39.6 Å². The second-order valence-electron chi connectivity index (χ2n) is 15.4. The Balaban J connectivity index is 1.10. The number of carboxylic acids is 1. The van der Waals surface area contributed by atoms with E-state index in [1.807, 2.05) is 0 Å². The van der Waals surface area contributed by atoms with E-state index >= 15 is 0 Å². The van der Waals surface area contributed by atoms with E-state index in [-0.39, 0.29) is 11.0 Å². The van der Waals surface area contributed by atoms with Gasteiger partial charge in [-0.2, -0.15) is 0 Å². The minimum Gasteiger partial charge on any atom is -0.497 e. The first-order chi connectivity index (χ1) is 20.3. The highest BCUT2D eigenvalue weighted by Crippen LogP contribution is 2.65. The lowest BCUT2D eigenvalue weighted by Gasteiger charge is -2.62. The van der Waals surface area contributed by atoms with Crippen LogP contribution in [-0.4, -0.2) is 56.3 Å². The number of hydrogen-bond donors (Lipinski definition) is 1. The van der Waals surface area contributed by atoms with Crippen LogP contribution in [0.3, 0.4) is 0 Å². The van der Waals surface area contributed by atoms with Crippen LogP contribution in [0.2, 0.25) is 0 Å². The van der Waals surface area contributed by atoms with Gasteiger partial charge in [0, 0.05) is 22.9 Å². The van der Waals surface area contributed by atoms with E-state index in [1.165, 1.54) is 64.2 Å². The first-order valence-corrected chi connectivity index (χ1v) is 17.6. The second-order valence-corrected chi connectivity index (χ2v) is 15.4. The molecule has 6 nitrogen and oxygen atoms in total. The summed E-state index contributed by atoms with van der Waals surface area (Å²) in [7, 11) is 0. The maximum atomic E-state index is 12.3. The van der Waals surface area contributed by atoms with Gasteiger partial charge in [-0.3, -0.25) is 0 Å². The van der Waals surface area contributed by atoms with E-state index in [1.54, 1.807) is 6.92 Å². The average molecular weight is 589 g/mol. The van der Waals surface area contributed by atoms with E-state index in [2.05, 4.69) is 13.8 Å². The summed E-state index contributed by atoms with van der Waals surface area (Å²) in [4.78, 5) is 12.3. The summed E-state index contributed by atoms with van der Waals surface area (Å²) in [6, 6.07) is 0. The van der Waals surface area contributed by atoms with Crippen LogP contribution in [0.15, 0.2) is 11.3 Å². The highest BCUT2D eigenvalue weighted by molar-refractivity contribution is 5.86. The van der Waals surface area contributed by atoms with E-state index in [0.717, 1.165) is 90.2 Å². The van der Waals surface area contributed by atoms with Gasteiger partial charge in [-0.25, -0.2) is 4.79 Å². The number of carbonyl (C=O) groups is 1. The van der Waals surface area contributed by atoms with Crippen molar-refractivity contribution in [2.45, 2.75) is 142 Å². The number of carboxylic acid groups (broad SMARTS) is 1. The van der Waals surface area contributed by atoms with Gasteiger partial charge in [0.25, 0.3) is 0 Å². The summed E-state index contributed by atoms with van der Waals surface area (Å²) in [5.74, 6) is 1.21. The average Bonchev–Trinajstić information content (AvgIpc) is 2.91. The fraction of sp³-hybridized carbons (Fsp3) is 0.917. The minimum absolute atomic E-state index is 0.0898. The second kappa shape index (κ2) is 13.9. The third-order valence-corrected chi connectivity index (χ3v) is 12.1. The van der Waals surface area contributed by atoms with Crippen molar-refractivity contribution in [2.24, 2.45) is 28.1 Å². The molecular weight excluding hydrogens is 528 g/mol. The van der Waals surface area contributed by atoms with E-state index < -0.39 is 5.97 Å². The van der Waals surface area contributed by atoms with Gasteiger partial charge in [-0.1, -0.05) is 52.4 Å². The third kappa shape index (κ3) is 7.23. The zero-order valence-electron chi connectivity index (χ0n) is 27.1. The molecule has 6 rings (SSSR count). The number of rotatable bonds is 20. The molecule has 1 N–H and O–H groups in total. The molecule has 2 aliphatic heterocycles. The standard InChI is InChI=1S/C36H60O6/c1-4-33(24-39-25-33)14-10-6-8-12-16-41-31(28(3)32(37)38)35-19-29-18-30(20-35)22-36(21-29,23-35)42-17-13-9-7-11-15-34(5-2)26-40-27-34/h29-30H,4-27H2,1-3H3,(H,37,38). The lowest BCUT2D eigenvalue weighted by Crippen LogP contribution is -2.57. The van der Waals surface area contributed by atoms with Crippen molar-refractivity contribution in [3.63, 3.8) is 0 Å². The third-order valence-electron chi connectivity index (χ3n) is 12.1. The quantitative estimate of drug-likeness (QED) is 0.0873. The molecule has 6 fully saturated rings. The van der Waals surface area contributed by atoms with Crippen molar-refractivity contribution in [3.05, 3.63) is 11.3 Å². The Morgan fingerprint density at radius 3 is 1.76 bits per heavy atom. The summed E-state index contributed by atoms with van der Waals surface area (Å²) in [5, 5.41) is 10.1. The van der Waals surface area contributed by atoms with Crippen molar-refractivity contribution in [1.82, 2.24) is 0 Å². The Kier molecular flexibility index (Phi) is 10.7. The van der Waals surface area contributed by atoms with Gasteiger partial charge in [0.05, 0.1) is 44.2 Å². The van der Waals surface area contributed by atoms with Crippen LogP contribution in [0.5, 0.6) is 0 Å². The van der Waals surface area contributed by atoms with Gasteiger partial charge in [-0.05, 0) is 95.8 Å². The van der Waals surface area contributed by atoms with Gasteiger partial charge in [0.1, 0.15) is 5.76 Å². The van der Waals surface area contributed by atoms with Crippen molar-refractivity contribution in [1.29, 1.82) is 0 Å². The van der Waals surface area contributed by atoms with Gasteiger partial charge < -0.3 is 24.1 Å². The van der Waals surface area contributed by atoms with Gasteiger partial charge in [0.2, 0.25) is 0 Å². The number of ether oxygens (including phenoxy) is 4. The number of aliphatic carboxylic acids is 1. The van der Waals surface area contributed by atoms with Crippen LogP contribution in [0, 0.1) is 28.1 Å². The van der Waals surface area contributed by atoms with E-state index in [0.29, 0.717) is 34.8 Å². The van der Waals surface area contributed by atoms with Crippen molar-refractivity contribution in [3.8, 4) is 0 Å². The molecule has 0 aromatic rings. The van der Waals surface area contributed by atoms with E-state index in [4.69, 9.17) is 18.9 Å². The minimum atomic E-state index is -0.832. The van der Waals surface area contributed by atoms with E-state index in [9.17, 15) is 9.90 Å². The lowest BCUT2D eigenvalue weighted by atomic mass is 9.47. The first-order valence-electron chi connectivity index (χ1n) is 17.6. The van der Waals surface area contributed by atoms with Crippen LogP contribution in [0.1, 0.15) is 136 Å². The fourth-order valence-electron chi connectivity index (χ4n) is 9.58. The zero-order chi connectivity index (χ0) is 29.7. The summed E-state index contributed by atoms with van der Waals surface area (Å²) in [6.45, 7) is 11.6. The van der Waals surface area contributed by atoms with Crippen LogP contribution < -0.4 is 0 Å². The molecule has 240 valence electrons. The zero-order valence-corrected chi connectivity index (χ0v) is 27.1. The van der Waals surface area contributed by atoms with Crippen molar-refractivity contribution >= 4 is 5.97 Å². The SMILES string of the molecule is CCC1(CCCCCCOC(=C(C)C(=O)O)C23CC4CC(CC(OCCCCCCC5(CC)COC5)(C4)C2)C3)COC1. The van der Waals surface area contributed by atoms with Crippen LogP contribution in [0.4, 0.5) is 0 Å². The Morgan fingerprint density at radius 2 is 1.29 bits per heavy atom. The maximum Gasteiger partial charge on any atom is 0.334 e. The molecule has 2 atom stereocenters. The fourth-order valence-corrected chi connectivity index (χ4v) is 9.58. The topological polar surface area (TPSA) is 74.2 Å². The molecule has 0 aromatic carbocycles. The molecule has 6 heteroatoms. The summed E-state index contributed by atoms with van der Waals surface area (Å²) < 4.78 is 24.3. The number of unbranched alkanes of at least 4 members (excludes halogenated alkanes) is 6. The van der Waals surface area contributed by atoms with Crippen LogP contribution >= 0.6 is 0 Å². The molecule has 0 radical (unpaired) electrons. The first kappa shape index (κ1) is 32.3. The molecule has 0 spiro atoms. The number of allylic oxidation sites excluding steroid dienone is 1. The predicted octanol–water partition coefficient (Wildman–Crippen LogP) is 8.47. The normalized spacial score (nSPS) is 32.6. The Labute approximate surface area is 255 Å². The molecule has 4 saturated carbocycles. The molecule has 2 heterocycles. The molecular formula is C36H60O6. The molecule has 42 heavy (non-hydrogen) atoms. The van der Waals surface area contributed by atoms with Gasteiger partial charge >= 0.3 is 5.97 Å². The Bertz CT molecular complexity index is 906. The smallest absolute Gasteiger partial charge is 0.334 e. The van der Waals surface area contributed by atoms with Crippen LogP contribution in [0.25, 0.3) is 0 Å². The molecule has 0 aromatic heterocycles. The Morgan fingerprint density at radius 1 is 0.762 bits per heavy atom. The van der Waals surface area contributed by atoms with Gasteiger partial charge in [-0.15, -0.1) is 0 Å². The largest absolute Gasteiger partial charge is 0.497 e. The number of hydrogen-bond acceptors (Lipinski definition) is 5. The molecule has 4 aliphatic carbocycles. The lowest BCUT2D eigenvalue weighted by molar-refractivity contribution is -0.193. The molecule has 6 aliphatic rings. The monoisotopic (exact) mass is 588 g/mol.